The molecule has 0 aliphatic heterocycles. The van der Waals surface area contributed by atoms with Crippen molar-refractivity contribution in [2.45, 2.75) is 140 Å². The molecule has 0 bridgehead atoms. The van der Waals surface area contributed by atoms with Gasteiger partial charge >= 0.3 is 18.1 Å². The van der Waals surface area contributed by atoms with Crippen LogP contribution in [0.5, 0.6) is 0 Å². The minimum atomic E-state index is -0.280. The van der Waals surface area contributed by atoms with Gasteiger partial charge in [0.1, 0.15) is 0 Å². The molecule has 6 amide bonds. The standard InChI is InChI=1S/C30H50N6O3/c1-31-28(37)34(24-14-7-4-8-15-24)22-13-20-27(36(30(39)33-3)26-18-11-6-12-19-26)21-23-35(29(38)32-2)25-16-9-5-10-17-25/h24-27H,1-23H2. The minimum absolute atomic E-state index is 0.102. The third kappa shape index (κ3) is 8.97. The molecule has 3 aliphatic carbocycles. The summed E-state index contributed by atoms with van der Waals surface area (Å²) in [6, 6.07) is -0.399. The zero-order valence-corrected chi connectivity index (χ0v) is 24.0. The zero-order chi connectivity index (χ0) is 28.0. The highest BCUT2D eigenvalue weighted by Gasteiger charge is 2.34. The summed E-state index contributed by atoms with van der Waals surface area (Å²) < 4.78 is 0. The summed E-state index contributed by atoms with van der Waals surface area (Å²) in [4.78, 5) is 55.7. The first-order chi connectivity index (χ1) is 19.0. The Labute approximate surface area is 235 Å². The SMILES string of the molecule is C=NC(=O)N(CCCC(CCN(C(=O)N=C)C1CCCCC1)N(C(=O)N=C)C1CCCCC1)C1CCCCC1. The second kappa shape index (κ2) is 16.5. The molecule has 0 N–H and O–H groups in total. The summed E-state index contributed by atoms with van der Waals surface area (Å²) in [6.07, 6.45) is 18.3. The van der Waals surface area contributed by atoms with Gasteiger partial charge in [-0.15, -0.1) is 0 Å². The highest BCUT2D eigenvalue weighted by molar-refractivity contribution is 5.80. The van der Waals surface area contributed by atoms with E-state index in [1.165, 1.54) is 19.3 Å². The summed E-state index contributed by atoms with van der Waals surface area (Å²) in [5.41, 5.74) is 0. The molecule has 1 unspecified atom stereocenters. The predicted molar refractivity (Wildman–Crippen MR) is 158 cm³/mol. The van der Waals surface area contributed by atoms with Crippen molar-refractivity contribution in [3.05, 3.63) is 0 Å². The van der Waals surface area contributed by atoms with Gasteiger partial charge < -0.3 is 14.7 Å². The lowest BCUT2D eigenvalue weighted by Gasteiger charge is -2.41. The van der Waals surface area contributed by atoms with Crippen LogP contribution >= 0.6 is 0 Å². The van der Waals surface area contributed by atoms with Crippen LogP contribution in [0.15, 0.2) is 15.0 Å². The van der Waals surface area contributed by atoms with Gasteiger partial charge in [0.05, 0.1) is 0 Å². The monoisotopic (exact) mass is 542 g/mol. The van der Waals surface area contributed by atoms with Gasteiger partial charge in [-0.05, 0) is 77.9 Å². The normalized spacial score (nSPS) is 20.0. The lowest BCUT2D eigenvalue weighted by molar-refractivity contribution is 0.104. The highest BCUT2D eigenvalue weighted by Crippen LogP contribution is 2.30. The molecule has 39 heavy (non-hydrogen) atoms. The van der Waals surface area contributed by atoms with Gasteiger partial charge in [-0.3, -0.25) is 0 Å². The second-order valence-electron chi connectivity index (χ2n) is 11.6. The third-order valence-electron chi connectivity index (χ3n) is 9.15. The number of amides is 6. The van der Waals surface area contributed by atoms with Crippen LogP contribution in [0, 0.1) is 0 Å². The molecule has 0 aromatic rings. The number of hydrogen-bond donors (Lipinski definition) is 0. The smallest absolute Gasteiger partial charge is 0.320 e. The molecule has 3 rings (SSSR count). The van der Waals surface area contributed by atoms with Crippen molar-refractivity contribution in [2.24, 2.45) is 15.0 Å². The van der Waals surface area contributed by atoms with Crippen LogP contribution in [0.4, 0.5) is 14.4 Å². The first-order valence-corrected chi connectivity index (χ1v) is 15.3. The van der Waals surface area contributed by atoms with E-state index in [1.54, 1.807) is 0 Å². The van der Waals surface area contributed by atoms with Crippen LogP contribution < -0.4 is 0 Å². The van der Waals surface area contributed by atoms with Crippen molar-refractivity contribution in [1.82, 2.24) is 14.7 Å². The van der Waals surface area contributed by atoms with E-state index in [0.717, 1.165) is 89.9 Å². The molecule has 3 fully saturated rings. The number of nitrogens with zero attached hydrogens (tertiary/aromatic N) is 6. The van der Waals surface area contributed by atoms with Crippen LogP contribution in [-0.4, -0.2) is 90.2 Å². The Bertz CT molecular complexity index is 831. The largest absolute Gasteiger partial charge is 0.343 e. The van der Waals surface area contributed by atoms with E-state index >= 15 is 0 Å². The van der Waals surface area contributed by atoms with Gasteiger partial charge in [0.15, 0.2) is 0 Å². The van der Waals surface area contributed by atoms with Crippen LogP contribution in [0.3, 0.4) is 0 Å². The molecule has 9 heteroatoms. The lowest BCUT2D eigenvalue weighted by atomic mass is 9.91. The Morgan fingerprint density at radius 1 is 0.564 bits per heavy atom. The summed E-state index contributed by atoms with van der Waals surface area (Å²) in [5, 5.41) is 0. The summed E-state index contributed by atoms with van der Waals surface area (Å²) >= 11 is 0. The van der Waals surface area contributed by atoms with E-state index in [4.69, 9.17) is 0 Å². The molecule has 0 spiro atoms. The Morgan fingerprint density at radius 2 is 0.974 bits per heavy atom. The lowest BCUT2D eigenvalue weighted by Crippen LogP contribution is -2.49. The molecule has 9 nitrogen and oxygen atoms in total. The van der Waals surface area contributed by atoms with E-state index in [2.05, 4.69) is 35.1 Å². The van der Waals surface area contributed by atoms with Crippen LogP contribution in [0.25, 0.3) is 0 Å². The maximum absolute atomic E-state index is 13.2. The van der Waals surface area contributed by atoms with E-state index in [0.29, 0.717) is 19.5 Å². The fourth-order valence-electron chi connectivity index (χ4n) is 7.10. The van der Waals surface area contributed by atoms with Gasteiger partial charge in [0.2, 0.25) is 0 Å². The summed E-state index contributed by atoms with van der Waals surface area (Å²) in [7, 11) is 0. The Balaban J connectivity index is 1.77. The van der Waals surface area contributed by atoms with Crippen molar-refractivity contribution in [3.8, 4) is 0 Å². The fourth-order valence-corrected chi connectivity index (χ4v) is 7.10. The number of rotatable bonds is 11. The maximum Gasteiger partial charge on any atom is 0.343 e. The quantitative estimate of drug-likeness (QED) is 0.266. The van der Waals surface area contributed by atoms with Crippen molar-refractivity contribution in [1.29, 1.82) is 0 Å². The molecule has 0 aromatic carbocycles. The molecule has 3 aliphatic rings. The van der Waals surface area contributed by atoms with Gasteiger partial charge in [0.25, 0.3) is 0 Å². The molecule has 0 radical (unpaired) electrons. The number of urea groups is 3. The van der Waals surface area contributed by atoms with Gasteiger partial charge in [-0.2, -0.15) is 0 Å². The first-order valence-electron chi connectivity index (χ1n) is 15.3. The van der Waals surface area contributed by atoms with Crippen molar-refractivity contribution < 1.29 is 14.4 Å². The Hall–Kier alpha value is -2.58. The Kier molecular flexibility index (Phi) is 13.1. The van der Waals surface area contributed by atoms with Gasteiger partial charge in [-0.1, -0.05) is 57.8 Å². The third-order valence-corrected chi connectivity index (χ3v) is 9.15. The number of hydrogen-bond acceptors (Lipinski definition) is 3. The number of carbonyl (C=O) groups is 3. The van der Waals surface area contributed by atoms with Crippen molar-refractivity contribution in [3.63, 3.8) is 0 Å². The Morgan fingerprint density at radius 3 is 1.41 bits per heavy atom. The van der Waals surface area contributed by atoms with Gasteiger partial charge in [0, 0.05) is 37.3 Å². The van der Waals surface area contributed by atoms with E-state index < -0.39 is 0 Å². The van der Waals surface area contributed by atoms with Crippen molar-refractivity contribution >= 4 is 38.2 Å². The number of carbonyl (C=O) groups excluding carboxylic acids is 3. The van der Waals surface area contributed by atoms with Crippen LogP contribution in [0.1, 0.15) is 116 Å². The topological polar surface area (TPSA) is 98.0 Å². The average Bonchev–Trinajstić information content (AvgIpc) is 3.00. The number of aliphatic imine (C=N–C) groups is 3. The second-order valence-corrected chi connectivity index (χ2v) is 11.6. The summed E-state index contributed by atoms with van der Waals surface area (Å²) in [5.74, 6) is 0. The molecule has 3 saturated carbocycles. The van der Waals surface area contributed by atoms with E-state index in [-0.39, 0.29) is 42.3 Å². The maximum atomic E-state index is 13.2. The van der Waals surface area contributed by atoms with Gasteiger partial charge in [-0.25, -0.2) is 29.4 Å². The molecular weight excluding hydrogens is 492 g/mol. The minimum Gasteiger partial charge on any atom is -0.320 e. The average molecular weight is 543 g/mol. The highest BCUT2D eigenvalue weighted by atomic mass is 16.2. The molecule has 0 heterocycles. The summed E-state index contributed by atoms with van der Waals surface area (Å²) in [6.45, 7) is 11.7. The first kappa shape index (κ1) is 31.0. The van der Waals surface area contributed by atoms with Crippen LogP contribution in [0.2, 0.25) is 0 Å². The van der Waals surface area contributed by atoms with E-state index in [1.807, 2.05) is 14.7 Å². The predicted octanol–water partition coefficient (Wildman–Crippen LogP) is 6.89. The zero-order valence-electron chi connectivity index (χ0n) is 24.0. The molecule has 0 aromatic heterocycles. The van der Waals surface area contributed by atoms with Crippen LogP contribution in [-0.2, 0) is 0 Å². The molecule has 1 atom stereocenters. The fraction of sp³-hybridized carbons (Fsp3) is 0.800. The molecule has 218 valence electrons. The molecule has 0 saturated heterocycles. The van der Waals surface area contributed by atoms with Crippen molar-refractivity contribution in [2.75, 3.05) is 13.1 Å². The van der Waals surface area contributed by atoms with E-state index in [9.17, 15) is 14.4 Å². The molecular formula is C30H50N6O3.